The molecule has 1 atom stereocenters. The Balaban J connectivity index is 1.75. The number of hydrogen-bond acceptors (Lipinski definition) is 2. The number of fused-ring (bicyclic) bond motifs is 2. The lowest BCUT2D eigenvalue weighted by Gasteiger charge is -2.12. The quantitative estimate of drug-likeness (QED) is 0.712. The van der Waals surface area contributed by atoms with Gasteiger partial charge in [0.1, 0.15) is 0 Å². The number of nitrogens with one attached hydrogen (secondary N) is 1. The molecule has 0 amide bonds. The van der Waals surface area contributed by atoms with E-state index in [1.807, 2.05) is 18.2 Å². The molecule has 0 aliphatic heterocycles. The highest BCUT2D eigenvalue weighted by atomic mass is 79.9. The maximum atomic E-state index is 11.2. The van der Waals surface area contributed by atoms with Crippen LogP contribution >= 0.6 is 15.9 Å². The highest BCUT2D eigenvalue weighted by Gasteiger charge is 2.16. The average Bonchev–Trinajstić information content (AvgIpc) is 3.09. The Morgan fingerprint density at radius 1 is 1.05 bits per heavy atom. The Morgan fingerprint density at radius 2 is 1.81 bits per heavy atom. The summed E-state index contributed by atoms with van der Waals surface area (Å²) < 4.78 is 5.14. The SMILES string of the molecule is O=c1[nH]c2ccc(C(Br)c3ccc4c(c3)CCC4)cc2o1. The Hall–Kier alpha value is -1.81. The van der Waals surface area contributed by atoms with E-state index >= 15 is 0 Å². The molecule has 0 bridgehead atoms. The summed E-state index contributed by atoms with van der Waals surface area (Å²) in [6.07, 6.45) is 3.63. The minimum atomic E-state index is -0.411. The fourth-order valence-corrected chi connectivity index (χ4v) is 3.63. The van der Waals surface area contributed by atoms with Crippen molar-refractivity contribution >= 4 is 27.0 Å². The third kappa shape index (κ3) is 2.23. The summed E-state index contributed by atoms with van der Waals surface area (Å²) in [6, 6.07) is 12.5. The lowest BCUT2D eigenvalue weighted by atomic mass is 10.0. The minimum Gasteiger partial charge on any atom is -0.408 e. The molecule has 0 saturated carbocycles. The number of aromatic nitrogens is 1. The van der Waals surface area contributed by atoms with Crippen LogP contribution in [0.3, 0.4) is 0 Å². The fourth-order valence-electron chi connectivity index (χ4n) is 3.06. The molecule has 4 rings (SSSR count). The molecule has 3 nitrogen and oxygen atoms in total. The molecule has 0 saturated heterocycles. The van der Waals surface area contributed by atoms with Gasteiger partial charge in [-0.3, -0.25) is 4.98 Å². The molecule has 0 radical (unpaired) electrons. The Bertz CT molecular complexity index is 878. The molecule has 0 spiro atoms. The summed E-state index contributed by atoms with van der Waals surface area (Å²) in [5, 5.41) is 0. The van der Waals surface area contributed by atoms with Crippen LogP contribution in [0.4, 0.5) is 0 Å². The number of aryl methyl sites for hydroxylation is 2. The van der Waals surface area contributed by atoms with Crippen molar-refractivity contribution in [2.24, 2.45) is 0 Å². The van der Waals surface area contributed by atoms with Crippen molar-refractivity contribution in [3.63, 3.8) is 0 Å². The zero-order chi connectivity index (χ0) is 14.4. The smallest absolute Gasteiger partial charge is 0.408 e. The Labute approximate surface area is 130 Å². The molecule has 2 aromatic carbocycles. The molecule has 1 aliphatic rings. The summed E-state index contributed by atoms with van der Waals surface area (Å²) in [6.45, 7) is 0. The fraction of sp³-hybridized carbons (Fsp3) is 0.235. The van der Waals surface area contributed by atoms with E-state index in [4.69, 9.17) is 4.42 Å². The molecule has 21 heavy (non-hydrogen) atoms. The van der Waals surface area contributed by atoms with Gasteiger partial charge in [-0.25, -0.2) is 4.79 Å². The van der Waals surface area contributed by atoms with E-state index in [0.717, 1.165) is 11.1 Å². The van der Waals surface area contributed by atoms with Crippen LogP contribution in [0.2, 0.25) is 0 Å². The molecule has 0 fully saturated rings. The van der Waals surface area contributed by atoms with E-state index in [9.17, 15) is 4.79 Å². The lowest BCUT2D eigenvalue weighted by molar-refractivity contribution is 0.555. The van der Waals surface area contributed by atoms with Gasteiger partial charge in [0.05, 0.1) is 10.3 Å². The van der Waals surface area contributed by atoms with Gasteiger partial charge in [0.15, 0.2) is 5.58 Å². The van der Waals surface area contributed by atoms with Gasteiger partial charge in [-0.2, -0.15) is 0 Å². The van der Waals surface area contributed by atoms with Crippen LogP contribution in [0, 0.1) is 0 Å². The molecule has 3 aromatic rings. The molecule has 1 heterocycles. The van der Waals surface area contributed by atoms with E-state index < -0.39 is 5.76 Å². The normalized spacial score (nSPS) is 15.3. The molecule has 106 valence electrons. The van der Waals surface area contributed by atoms with Crippen LogP contribution in [0.15, 0.2) is 45.6 Å². The topological polar surface area (TPSA) is 46.0 Å². The van der Waals surface area contributed by atoms with Gasteiger partial charge >= 0.3 is 5.76 Å². The van der Waals surface area contributed by atoms with E-state index in [2.05, 4.69) is 39.1 Å². The van der Waals surface area contributed by atoms with Crippen molar-refractivity contribution in [1.29, 1.82) is 0 Å². The predicted molar refractivity (Wildman–Crippen MR) is 86.1 cm³/mol. The second kappa shape index (κ2) is 4.88. The van der Waals surface area contributed by atoms with Gasteiger partial charge < -0.3 is 4.42 Å². The second-order valence-electron chi connectivity index (χ2n) is 5.51. The number of oxazole rings is 1. The van der Waals surface area contributed by atoms with Crippen molar-refractivity contribution in [3.05, 3.63) is 69.2 Å². The first-order valence-electron chi connectivity index (χ1n) is 7.09. The molecular weight excluding hydrogens is 330 g/mol. The van der Waals surface area contributed by atoms with Crippen molar-refractivity contribution in [1.82, 2.24) is 4.98 Å². The van der Waals surface area contributed by atoms with Gasteiger partial charge in [-0.05, 0) is 53.6 Å². The monoisotopic (exact) mass is 343 g/mol. The number of hydrogen-bond donors (Lipinski definition) is 1. The molecule has 1 N–H and O–H groups in total. The van der Waals surface area contributed by atoms with Gasteiger partial charge in [-0.15, -0.1) is 0 Å². The molecule has 4 heteroatoms. The van der Waals surface area contributed by atoms with Gasteiger partial charge in [0, 0.05) is 0 Å². The number of rotatable bonds is 2. The van der Waals surface area contributed by atoms with Gasteiger partial charge in [0.25, 0.3) is 0 Å². The predicted octanol–water partition coefficient (Wildman–Crippen LogP) is 4.09. The number of halogens is 1. The average molecular weight is 344 g/mol. The third-order valence-electron chi connectivity index (χ3n) is 4.15. The van der Waals surface area contributed by atoms with Crippen molar-refractivity contribution in [2.75, 3.05) is 0 Å². The van der Waals surface area contributed by atoms with Crippen LogP contribution in [0.5, 0.6) is 0 Å². The first kappa shape index (κ1) is 12.9. The van der Waals surface area contributed by atoms with Crippen LogP contribution in [0.25, 0.3) is 11.1 Å². The Kier molecular flexibility index (Phi) is 3.00. The largest absolute Gasteiger partial charge is 0.417 e. The first-order valence-corrected chi connectivity index (χ1v) is 8.01. The standard InChI is InChI=1S/C17H14BrNO2/c18-16(12-5-4-10-2-1-3-11(10)8-12)13-6-7-14-15(9-13)21-17(20)19-14/h4-9,16H,1-3H2,(H,19,20). The summed E-state index contributed by atoms with van der Waals surface area (Å²) in [5.41, 5.74) is 6.60. The number of aromatic amines is 1. The van der Waals surface area contributed by atoms with E-state index in [-0.39, 0.29) is 4.83 Å². The van der Waals surface area contributed by atoms with E-state index in [1.54, 1.807) is 0 Å². The van der Waals surface area contributed by atoms with Crippen LogP contribution < -0.4 is 5.76 Å². The van der Waals surface area contributed by atoms with Crippen LogP contribution in [0.1, 0.15) is 33.5 Å². The molecule has 1 aliphatic carbocycles. The minimum absolute atomic E-state index is 0.105. The van der Waals surface area contributed by atoms with Crippen molar-refractivity contribution < 1.29 is 4.42 Å². The third-order valence-corrected chi connectivity index (χ3v) is 5.21. The zero-order valence-corrected chi connectivity index (χ0v) is 12.9. The maximum Gasteiger partial charge on any atom is 0.417 e. The Morgan fingerprint density at radius 3 is 2.71 bits per heavy atom. The summed E-state index contributed by atoms with van der Waals surface area (Å²) in [5.74, 6) is -0.411. The molecule has 1 aromatic heterocycles. The summed E-state index contributed by atoms with van der Waals surface area (Å²) in [7, 11) is 0. The van der Waals surface area contributed by atoms with Gasteiger partial charge in [0.2, 0.25) is 0 Å². The van der Waals surface area contributed by atoms with Crippen molar-refractivity contribution in [3.8, 4) is 0 Å². The number of alkyl halides is 1. The highest BCUT2D eigenvalue weighted by molar-refractivity contribution is 9.09. The van der Waals surface area contributed by atoms with Gasteiger partial charge in [-0.1, -0.05) is 40.2 Å². The summed E-state index contributed by atoms with van der Waals surface area (Å²) in [4.78, 5) is 14.0. The highest BCUT2D eigenvalue weighted by Crippen LogP contribution is 2.34. The second-order valence-corrected chi connectivity index (χ2v) is 6.43. The van der Waals surface area contributed by atoms with Crippen LogP contribution in [-0.4, -0.2) is 4.98 Å². The lowest BCUT2D eigenvalue weighted by Crippen LogP contribution is -1.94. The first-order chi connectivity index (χ1) is 10.2. The van der Waals surface area contributed by atoms with Crippen molar-refractivity contribution in [2.45, 2.75) is 24.1 Å². The summed E-state index contributed by atoms with van der Waals surface area (Å²) >= 11 is 3.76. The zero-order valence-electron chi connectivity index (χ0n) is 11.4. The molecule has 1 unspecified atom stereocenters. The number of benzene rings is 2. The molecular formula is C17H14BrNO2. The maximum absolute atomic E-state index is 11.2. The van der Waals surface area contributed by atoms with Crippen LogP contribution in [-0.2, 0) is 12.8 Å². The van der Waals surface area contributed by atoms with E-state index in [0.29, 0.717) is 5.58 Å². The van der Waals surface area contributed by atoms with E-state index in [1.165, 1.54) is 36.0 Å². The number of H-pyrrole nitrogens is 1.